The number of hydrogen-bond acceptors (Lipinski definition) is 9. The molecule has 0 bridgehead atoms. The molecule has 0 saturated carbocycles. The number of amides is 1. The topological polar surface area (TPSA) is 176 Å². The molecule has 12 nitrogen and oxygen atoms in total. The van der Waals surface area contributed by atoms with Crippen LogP contribution < -0.4 is 19.4 Å². The molecule has 15 heteroatoms. The minimum Gasteiger partial charge on any atom is -0.497 e. The summed E-state index contributed by atoms with van der Waals surface area (Å²) in [6, 6.07) is 15.5. The first-order valence-corrected chi connectivity index (χ1v) is 14.8. The highest BCUT2D eigenvalue weighted by Crippen LogP contribution is 2.22. The molecule has 0 unspecified atom stereocenters. The van der Waals surface area contributed by atoms with Crippen molar-refractivity contribution >= 4 is 59.2 Å². The zero-order valence-electron chi connectivity index (χ0n) is 20.5. The van der Waals surface area contributed by atoms with Crippen LogP contribution in [0.2, 0.25) is 0 Å². The van der Waals surface area contributed by atoms with Crippen LogP contribution in [0.25, 0.3) is 10.2 Å². The van der Waals surface area contributed by atoms with E-state index >= 15 is 0 Å². The van der Waals surface area contributed by atoms with Crippen LogP contribution in [0.5, 0.6) is 5.75 Å². The van der Waals surface area contributed by atoms with E-state index in [9.17, 15) is 26.4 Å². The average molecular weight is 591 g/mol. The van der Waals surface area contributed by atoms with Gasteiger partial charge >= 0.3 is 5.97 Å². The lowest BCUT2D eigenvalue weighted by molar-refractivity contribution is -0.141. The Morgan fingerprint density at radius 1 is 0.949 bits per heavy atom. The quantitative estimate of drug-likeness (QED) is 0.293. The van der Waals surface area contributed by atoms with E-state index in [4.69, 9.17) is 14.6 Å². The Bertz CT molecular complexity index is 1840. The first-order valence-electron chi connectivity index (χ1n) is 11.0. The van der Waals surface area contributed by atoms with Gasteiger partial charge in [-0.3, -0.25) is 14.3 Å². The van der Waals surface area contributed by atoms with Gasteiger partial charge in [-0.25, -0.2) is 22.0 Å². The van der Waals surface area contributed by atoms with E-state index in [1.165, 1.54) is 85.5 Å². The van der Waals surface area contributed by atoms with Gasteiger partial charge in [0.25, 0.3) is 15.9 Å². The molecule has 3 N–H and O–H groups in total. The van der Waals surface area contributed by atoms with Crippen molar-refractivity contribution < 1.29 is 35.9 Å². The van der Waals surface area contributed by atoms with Gasteiger partial charge in [0, 0.05) is 11.3 Å². The minimum atomic E-state index is -3.98. The number of esters is 1. The number of thiazole rings is 1. The second-order valence-corrected chi connectivity index (χ2v) is 12.2. The molecule has 0 aliphatic carbocycles. The van der Waals surface area contributed by atoms with Crippen LogP contribution in [0.15, 0.2) is 81.5 Å². The Balaban J connectivity index is 1.64. The van der Waals surface area contributed by atoms with Crippen molar-refractivity contribution in [3.63, 3.8) is 0 Å². The number of fused-ring (bicyclic) bond motifs is 1. The van der Waals surface area contributed by atoms with Crippen molar-refractivity contribution in [1.82, 2.24) is 4.57 Å². The van der Waals surface area contributed by atoms with Crippen molar-refractivity contribution in [3.8, 4) is 5.75 Å². The van der Waals surface area contributed by atoms with Gasteiger partial charge in [-0.05, 0) is 66.7 Å². The number of nitrogens with zero attached hydrogens (tertiary/aromatic N) is 2. The van der Waals surface area contributed by atoms with Gasteiger partial charge < -0.3 is 14.0 Å². The van der Waals surface area contributed by atoms with E-state index in [2.05, 4.69) is 9.71 Å². The summed E-state index contributed by atoms with van der Waals surface area (Å²) in [6.07, 6.45) is 0. The molecule has 4 aromatic rings. The fraction of sp³-hybridized carbons (Fsp3) is 0.125. The van der Waals surface area contributed by atoms with Crippen LogP contribution >= 0.6 is 11.3 Å². The molecule has 0 radical (unpaired) electrons. The third kappa shape index (κ3) is 6.34. The van der Waals surface area contributed by atoms with Gasteiger partial charge in [0.15, 0.2) is 4.80 Å². The molecule has 204 valence electrons. The second kappa shape index (κ2) is 11.0. The number of nitrogens with one attached hydrogen (secondary N) is 1. The summed E-state index contributed by atoms with van der Waals surface area (Å²) in [5.41, 5.74) is 0.822. The number of carbonyl (C=O) groups excluding carboxylic acids is 2. The fourth-order valence-corrected chi connectivity index (χ4v) is 6.20. The molecule has 0 saturated heterocycles. The maximum Gasteiger partial charge on any atom is 0.325 e. The Labute approximate surface area is 227 Å². The highest BCUT2D eigenvalue weighted by Gasteiger charge is 2.17. The molecule has 39 heavy (non-hydrogen) atoms. The summed E-state index contributed by atoms with van der Waals surface area (Å²) in [5.74, 6) is -0.763. The molecule has 0 fully saturated rings. The molecule has 0 atom stereocenters. The number of rotatable bonds is 8. The Morgan fingerprint density at radius 2 is 1.59 bits per heavy atom. The number of ether oxygens (including phenoxy) is 2. The summed E-state index contributed by atoms with van der Waals surface area (Å²) in [4.78, 5) is 29.1. The molecule has 0 spiro atoms. The highest BCUT2D eigenvalue weighted by molar-refractivity contribution is 7.92. The Hall–Kier alpha value is -4.05. The predicted octanol–water partition coefficient (Wildman–Crippen LogP) is 2.07. The SMILES string of the molecule is COC(=O)Cn1c(=NC(=O)c2ccc(NS(=O)(=O)c3ccc(OC)cc3)cc2)sc2cc(S(N)(=O)=O)ccc21. The van der Waals surface area contributed by atoms with Crippen LogP contribution in [0.4, 0.5) is 5.69 Å². The summed E-state index contributed by atoms with van der Waals surface area (Å²) in [6.45, 7) is -0.274. The van der Waals surface area contributed by atoms with Gasteiger partial charge in [-0.1, -0.05) is 11.3 Å². The Morgan fingerprint density at radius 3 is 2.18 bits per heavy atom. The van der Waals surface area contributed by atoms with Crippen LogP contribution in [0, 0.1) is 0 Å². The third-order valence-electron chi connectivity index (χ3n) is 5.45. The minimum absolute atomic E-state index is 0.0315. The summed E-state index contributed by atoms with van der Waals surface area (Å²) in [7, 11) is -5.17. The normalized spacial score (nSPS) is 12.3. The molecule has 1 heterocycles. The number of benzene rings is 3. The third-order valence-corrected chi connectivity index (χ3v) is 8.80. The highest BCUT2D eigenvalue weighted by atomic mass is 32.2. The van der Waals surface area contributed by atoms with Crippen LogP contribution in [0.3, 0.4) is 0 Å². The maximum atomic E-state index is 12.9. The zero-order chi connectivity index (χ0) is 28.4. The molecule has 3 aromatic carbocycles. The maximum absolute atomic E-state index is 12.9. The lowest BCUT2D eigenvalue weighted by atomic mass is 10.2. The number of nitrogens with two attached hydrogens (primary N) is 1. The van der Waals surface area contributed by atoms with Crippen molar-refractivity contribution in [3.05, 3.63) is 77.1 Å². The van der Waals surface area contributed by atoms with E-state index in [1.807, 2.05) is 0 Å². The van der Waals surface area contributed by atoms with E-state index in [-0.39, 0.29) is 32.4 Å². The molecule has 1 aromatic heterocycles. The van der Waals surface area contributed by atoms with Gasteiger partial charge in [0.1, 0.15) is 12.3 Å². The number of carbonyl (C=O) groups is 2. The predicted molar refractivity (Wildman–Crippen MR) is 143 cm³/mol. The van der Waals surface area contributed by atoms with E-state index in [0.29, 0.717) is 16.0 Å². The van der Waals surface area contributed by atoms with Gasteiger partial charge in [-0.15, -0.1) is 0 Å². The summed E-state index contributed by atoms with van der Waals surface area (Å²) in [5, 5.41) is 5.22. The first kappa shape index (κ1) is 28.0. The first-order chi connectivity index (χ1) is 18.4. The van der Waals surface area contributed by atoms with Crippen LogP contribution in [-0.2, 0) is 36.1 Å². The van der Waals surface area contributed by atoms with Crippen LogP contribution in [0.1, 0.15) is 10.4 Å². The van der Waals surface area contributed by atoms with E-state index in [0.717, 1.165) is 11.3 Å². The number of methoxy groups -OCH3 is 2. The molecule has 0 aliphatic heterocycles. The van der Waals surface area contributed by atoms with Crippen molar-refractivity contribution in [1.29, 1.82) is 0 Å². The number of hydrogen-bond donors (Lipinski definition) is 2. The van der Waals surface area contributed by atoms with Crippen LogP contribution in [-0.4, -0.2) is 47.5 Å². The number of primary sulfonamides is 1. The van der Waals surface area contributed by atoms with Crippen molar-refractivity contribution in [2.24, 2.45) is 10.1 Å². The summed E-state index contributed by atoms with van der Waals surface area (Å²) >= 11 is 0.988. The molecule has 1 amide bonds. The number of sulfonamides is 2. The second-order valence-electron chi connectivity index (χ2n) is 8.00. The monoisotopic (exact) mass is 590 g/mol. The molecular weight excluding hydrogens is 568 g/mol. The van der Waals surface area contributed by atoms with Crippen molar-refractivity contribution in [2.45, 2.75) is 16.3 Å². The smallest absolute Gasteiger partial charge is 0.325 e. The van der Waals surface area contributed by atoms with Gasteiger partial charge in [0.05, 0.1) is 34.2 Å². The fourth-order valence-electron chi connectivity index (χ4n) is 3.46. The number of aromatic nitrogens is 1. The largest absolute Gasteiger partial charge is 0.497 e. The molecule has 0 aliphatic rings. The number of anilines is 1. The lowest BCUT2D eigenvalue weighted by Gasteiger charge is -2.09. The van der Waals surface area contributed by atoms with Gasteiger partial charge in [0.2, 0.25) is 10.0 Å². The lowest BCUT2D eigenvalue weighted by Crippen LogP contribution is -2.22. The average Bonchev–Trinajstić information content (AvgIpc) is 3.24. The van der Waals surface area contributed by atoms with Gasteiger partial charge in [-0.2, -0.15) is 4.99 Å². The standard InChI is InChI=1S/C24H22N4O8S3/c1-35-17-7-9-18(10-8-17)39(33,34)27-16-5-3-15(4-6-16)23(30)26-24-28(14-22(29)36-2)20-12-11-19(38(25,31)32)13-21(20)37-24/h3-13,27H,14H2,1-2H3,(H2,25,31,32). The Kier molecular flexibility index (Phi) is 7.87. The van der Waals surface area contributed by atoms with E-state index < -0.39 is 31.9 Å². The zero-order valence-corrected chi connectivity index (χ0v) is 23.0. The molecule has 4 rings (SSSR count). The summed E-state index contributed by atoms with van der Waals surface area (Å²) < 4.78 is 62.9. The molecular formula is C24H22N4O8S3. The van der Waals surface area contributed by atoms with E-state index in [1.54, 1.807) is 0 Å². The van der Waals surface area contributed by atoms with Crippen molar-refractivity contribution in [2.75, 3.05) is 18.9 Å².